The van der Waals surface area contributed by atoms with Gasteiger partial charge < -0.3 is 15.4 Å². The molecule has 1 saturated carbocycles. The van der Waals surface area contributed by atoms with Crippen molar-refractivity contribution in [2.75, 3.05) is 7.11 Å². The quantitative estimate of drug-likeness (QED) is 0.664. The van der Waals surface area contributed by atoms with Gasteiger partial charge in [0.1, 0.15) is 11.8 Å². The molecule has 2 N–H and O–H groups in total. The molecule has 152 valence electrons. The molecule has 0 spiro atoms. The van der Waals surface area contributed by atoms with Crippen molar-refractivity contribution in [2.45, 2.75) is 57.5 Å². The summed E-state index contributed by atoms with van der Waals surface area (Å²) in [6.07, 6.45) is 2.13. The maximum atomic E-state index is 12.3. The van der Waals surface area contributed by atoms with Crippen molar-refractivity contribution in [3.63, 3.8) is 0 Å². The number of ether oxygens (including phenoxy) is 1. The number of methoxy groups -OCH3 is 1. The molecule has 0 saturated heterocycles. The van der Waals surface area contributed by atoms with Crippen LogP contribution in [-0.2, 0) is 23.9 Å². The van der Waals surface area contributed by atoms with Crippen LogP contribution in [0.15, 0.2) is 30.3 Å². The molecule has 2 amide bonds. The molecule has 7 nitrogen and oxygen atoms in total. The molecule has 7 heteroatoms. The summed E-state index contributed by atoms with van der Waals surface area (Å²) in [6, 6.07) is 8.53. The summed E-state index contributed by atoms with van der Waals surface area (Å²) in [7, 11) is 1.25. The summed E-state index contributed by atoms with van der Waals surface area (Å²) in [5.41, 5.74) is 0.980. The Kier molecular flexibility index (Phi) is 8.17. The lowest BCUT2D eigenvalue weighted by atomic mass is 9.83. The SMILES string of the molecule is COC(=O)[C@H](NC(=O)CCC(=O)N[C@H](C)c1ccccc1)[C@H]1CCCC(=O)C1. The second-order valence-electron chi connectivity index (χ2n) is 7.16. The first-order valence-electron chi connectivity index (χ1n) is 9.64. The van der Waals surface area contributed by atoms with Crippen LogP contribution in [0.3, 0.4) is 0 Å². The molecule has 0 aliphatic heterocycles. The van der Waals surface area contributed by atoms with Gasteiger partial charge in [0.15, 0.2) is 0 Å². The van der Waals surface area contributed by atoms with Gasteiger partial charge >= 0.3 is 5.97 Å². The molecule has 3 atom stereocenters. The minimum absolute atomic E-state index is 0.0144. The lowest BCUT2D eigenvalue weighted by molar-refractivity contribution is -0.147. The van der Waals surface area contributed by atoms with Crippen LogP contribution in [0.25, 0.3) is 0 Å². The van der Waals surface area contributed by atoms with E-state index in [4.69, 9.17) is 4.74 Å². The number of rotatable bonds is 8. The van der Waals surface area contributed by atoms with Crippen LogP contribution in [0, 0.1) is 5.92 Å². The van der Waals surface area contributed by atoms with Crippen molar-refractivity contribution in [3.05, 3.63) is 35.9 Å². The number of hydrogen-bond donors (Lipinski definition) is 2. The van der Waals surface area contributed by atoms with Crippen LogP contribution in [0.4, 0.5) is 0 Å². The van der Waals surface area contributed by atoms with Gasteiger partial charge in [0.2, 0.25) is 11.8 Å². The fourth-order valence-electron chi connectivity index (χ4n) is 3.45. The minimum atomic E-state index is -0.854. The van der Waals surface area contributed by atoms with Gasteiger partial charge in [-0.3, -0.25) is 14.4 Å². The topological polar surface area (TPSA) is 102 Å². The standard InChI is InChI=1S/C21H28N2O5/c1-14(15-7-4-3-5-8-15)22-18(25)11-12-19(26)23-20(21(27)28-2)16-9-6-10-17(24)13-16/h3-5,7-8,14,16,20H,6,9-13H2,1-2H3,(H,22,25)(H,23,26)/t14-,16+,20-/m1/s1. The Morgan fingerprint density at radius 2 is 1.75 bits per heavy atom. The highest BCUT2D eigenvalue weighted by atomic mass is 16.5. The van der Waals surface area contributed by atoms with E-state index in [2.05, 4.69) is 10.6 Å². The van der Waals surface area contributed by atoms with E-state index in [-0.39, 0.29) is 42.9 Å². The summed E-state index contributed by atoms with van der Waals surface area (Å²) >= 11 is 0. The van der Waals surface area contributed by atoms with Gasteiger partial charge in [0.05, 0.1) is 13.2 Å². The molecule has 0 radical (unpaired) electrons. The lowest BCUT2D eigenvalue weighted by Crippen LogP contribution is -2.48. The molecule has 0 heterocycles. The maximum Gasteiger partial charge on any atom is 0.328 e. The fourth-order valence-corrected chi connectivity index (χ4v) is 3.45. The van der Waals surface area contributed by atoms with Crippen molar-refractivity contribution < 1.29 is 23.9 Å². The Labute approximate surface area is 165 Å². The molecular formula is C21H28N2O5. The third kappa shape index (κ3) is 6.48. The smallest absolute Gasteiger partial charge is 0.328 e. The first kappa shape index (κ1) is 21.6. The maximum absolute atomic E-state index is 12.3. The van der Waals surface area contributed by atoms with E-state index >= 15 is 0 Å². The van der Waals surface area contributed by atoms with Gasteiger partial charge in [-0.1, -0.05) is 30.3 Å². The Bertz CT molecular complexity index is 704. The zero-order valence-electron chi connectivity index (χ0n) is 16.4. The fraction of sp³-hybridized carbons (Fsp3) is 0.524. The van der Waals surface area contributed by atoms with Crippen LogP contribution in [0.2, 0.25) is 0 Å². The third-order valence-corrected chi connectivity index (χ3v) is 5.02. The predicted octanol–water partition coefficient (Wildman–Crippen LogP) is 2.06. The number of benzene rings is 1. The zero-order chi connectivity index (χ0) is 20.5. The number of carbonyl (C=O) groups excluding carboxylic acids is 4. The summed E-state index contributed by atoms with van der Waals surface area (Å²) in [6.45, 7) is 1.88. The van der Waals surface area contributed by atoms with E-state index in [9.17, 15) is 19.2 Å². The molecule has 1 aromatic carbocycles. The van der Waals surface area contributed by atoms with Crippen LogP contribution < -0.4 is 10.6 Å². The van der Waals surface area contributed by atoms with E-state index in [1.54, 1.807) is 0 Å². The first-order valence-corrected chi connectivity index (χ1v) is 9.64. The molecule has 2 rings (SSSR count). The second kappa shape index (κ2) is 10.6. The van der Waals surface area contributed by atoms with Gasteiger partial charge in [-0.2, -0.15) is 0 Å². The molecule has 1 aromatic rings. The number of hydrogen-bond acceptors (Lipinski definition) is 5. The van der Waals surface area contributed by atoms with E-state index in [0.29, 0.717) is 19.3 Å². The monoisotopic (exact) mass is 388 g/mol. The second-order valence-corrected chi connectivity index (χ2v) is 7.16. The van der Waals surface area contributed by atoms with E-state index in [1.807, 2.05) is 37.3 Å². The van der Waals surface area contributed by atoms with Gasteiger partial charge in [0.25, 0.3) is 0 Å². The number of Topliss-reactive ketones (excluding diaryl/α,β-unsaturated/α-hetero) is 1. The zero-order valence-corrected chi connectivity index (χ0v) is 16.4. The van der Waals surface area contributed by atoms with E-state index in [0.717, 1.165) is 5.56 Å². The molecule has 1 fully saturated rings. The highest BCUT2D eigenvalue weighted by Crippen LogP contribution is 2.25. The third-order valence-electron chi connectivity index (χ3n) is 5.02. The minimum Gasteiger partial charge on any atom is -0.467 e. The molecular weight excluding hydrogens is 360 g/mol. The predicted molar refractivity (Wildman–Crippen MR) is 103 cm³/mol. The number of amides is 2. The number of carbonyl (C=O) groups is 4. The number of nitrogens with one attached hydrogen (secondary N) is 2. The largest absolute Gasteiger partial charge is 0.467 e. The molecule has 28 heavy (non-hydrogen) atoms. The van der Waals surface area contributed by atoms with Crippen LogP contribution in [0.1, 0.15) is 57.1 Å². The van der Waals surface area contributed by atoms with Crippen molar-refractivity contribution in [3.8, 4) is 0 Å². The lowest BCUT2D eigenvalue weighted by Gasteiger charge is -2.28. The van der Waals surface area contributed by atoms with E-state index < -0.39 is 17.9 Å². The molecule has 0 bridgehead atoms. The molecule has 0 aromatic heterocycles. The van der Waals surface area contributed by atoms with Crippen molar-refractivity contribution in [1.82, 2.24) is 10.6 Å². The van der Waals surface area contributed by atoms with Gasteiger partial charge in [-0.25, -0.2) is 4.79 Å². The Morgan fingerprint density at radius 1 is 1.11 bits per heavy atom. The summed E-state index contributed by atoms with van der Waals surface area (Å²) in [5, 5.41) is 5.51. The number of esters is 1. The average molecular weight is 388 g/mol. The first-order chi connectivity index (χ1) is 13.4. The highest BCUT2D eigenvalue weighted by molar-refractivity contribution is 5.88. The Morgan fingerprint density at radius 3 is 2.36 bits per heavy atom. The Balaban J connectivity index is 1.84. The van der Waals surface area contributed by atoms with Gasteiger partial charge in [-0.15, -0.1) is 0 Å². The van der Waals surface area contributed by atoms with Gasteiger partial charge in [0, 0.05) is 25.7 Å². The molecule has 1 aliphatic carbocycles. The van der Waals surface area contributed by atoms with Crippen LogP contribution >= 0.6 is 0 Å². The highest BCUT2D eigenvalue weighted by Gasteiger charge is 2.34. The molecule has 1 aliphatic rings. The molecule has 0 unspecified atom stereocenters. The van der Waals surface area contributed by atoms with Crippen molar-refractivity contribution in [2.24, 2.45) is 5.92 Å². The van der Waals surface area contributed by atoms with Crippen molar-refractivity contribution >= 4 is 23.6 Å². The van der Waals surface area contributed by atoms with Gasteiger partial charge in [-0.05, 0) is 31.2 Å². The number of ketones is 1. The Hall–Kier alpha value is -2.70. The van der Waals surface area contributed by atoms with E-state index in [1.165, 1.54) is 7.11 Å². The summed E-state index contributed by atoms with van der Waals surface area (Å²) in [4.78, 5) is 48.2. The summed E-state index contributed by atoms with van der Waals surface area (Å²) in [5.74, 6) is -1.38. The van der Waals surface area contributed by atoms with Crippen molar-refractivity contribution in [1.29, 1.82) is 0 Å². The summed E-state index contributed by atoms with van der Waals surface area (Å²) < 4.78 is 4.78. The van der Waals surface area contributed by atoms with Crippen LogP contribution in [-0.4, -0.2) is 36.7 Å². The normalized spacial score (nSPS) is 18.6. The average Bonchev–Trinajstić information content (AvgIpc) is 2.70. The van der Waals surface area contributed by atoms with Crippen LogP contribution in [0.5, 0.6) is 0 Å².